The molecule has 0 aliphatic carbocycles. The van der Waals surface area contributed by atoms with Crippen LogP contribution in [0.25, 0.3) is 0 Å². The lowest BCUT2D eigenvalue weighted by molar-refractivity contribution is -0.274. The van der Waals surface area contributed by atoms with Crippen LogP contribution in [0.4, 0.5) is 23.2 Å². The van der Waals surface area contributed by atoms with Crippen molar-refractivity contribution in [3.63, 3.8) is 0 Å². The maximum absolute atomic E-state index is 14.0. The molecule has 0 atom stereocenters. The van der Waals surface area contributed by atoms with Crippen LogP contribution in [0.15, 0.2) is 41.4 Å². The fourth-order valence-electron chi connectivity index (χ4n) is 2.35. The predicted molar refractivity (Wildman–Crippen MR) is 93.5 cm³/mol. The topological polar surface area (TPSA) is 24.8 Å². The Morgan fingerprint density at radius 2 is 1.92 bits per heavy atom. The molecule has 140 valence electrons. The predicted octanol–water partition coefficient (Wildman–Crippen LogP) is 5.24. The van der Waals surface area contributed by atoms with E-state index in [1.807, 2.05) is 25.8 Å². The van der Waals surface area contributed by atoms with Crippen LogP contribution in [-0.4, -0.2) is 31.2 Å². The van der Waals surface area contributed by atoms with Gasteiger partial charge in [-0.3, -0.25) is 0 Å². The summed E-state index contributed by atoms with van der Waals surface area (Å²) in [6.07, 6.45) is -2.87. The number of halogens is 4. The van der Waals surface area contributed by atoms with Gasteiger partial charge < -0.3 is 9.64 Å². The molecule has 2 aromatic rings. The van der Waals surface area contributed by atoms with Crippen molar-refractivity contribution in [1.29, 1.82) is 0 Å². The lowest BCUT2D eigenvalue weighted by Crippen LogP contribution is -2.17. The SMILES string of the molecule is CCN(C)C=Nc1cc(F)cc(Cc2cccc(OC(F)(F)F)c2)c1C. The maximum Gasteiger partial charge on any atom is 0.573 e. The molecule has 0 N–H and O–H groups in total. The van der Waals surface area contributed by atoms with E-state index in [1.54, 1.807) is 12.4 Å². The molecule has 0 aromatic heterocycles. The molecule has 7 heteroatoms. The van der Waals surface area contributed by atoms with Crippen molar-refractivity contribution in [1.82, 2.24) is 4.90 Å². The van der Waals surface area contributed by atoms with Gasteiger partial charge in [0.25, 0.3) is 0 Å². The molecule has 0 bridgehead atoms. The lowest BCUT2D eigenvalue weighted by atomic mass is 9.99. The van der Waals surface area contributed by atoms with Crippen LogP contribution >= 0.6 is 0 Å². The number of hydrogen-bond acceptors (Lipinski definition) is 2. The molecule has 0 amide bonds. The number of rotatable bonds is 6. The molecule has 0 aliphatic heterocycles. The zero-order chi connectivity index (χ0) is 19.3. The molecule has 0 unspecified atom stereocenters. The zero-order valence-electron chi connectivity index (χ0n) is 14.8. The van der Waals surface area contributed by atoms with E-state index < -0.39 is 12.2 Å². The van der Waals surface area contributed by atoms with E-state index in [0.29, 0.717) is 16.8 Å². The molecule has 0 fully saturated rings. The Hall–Kier alpha value is -2.57. The van der Waals surface area contributed by atoms with Crippen LogP contribution in [0.3, 0.4) is 0 Å². The van der Waals surface area contributed by atoms with Gasteiger partial charge in [-0.2, -0.15) is 0 Å². The highest BCUT2D eigenvalue weighted by Gasteiger charge is 2.31. The molecular formula is C19H20F4N2O. The number of ether oxygens (including phenoxy) is 1. The van der Waals surface area contributed by atoms with E-state index in [4.69, 9.17) is 0 Å². The molecule has 26 heavy (non-hydrogen) atoms. The van der Waals surface area contributed by atoms with Gasteiger partial charge in [0.1, 0.15) is 11.6 Å². The normalized spacial score (nSPS) is 11.8. The van der Waals surface area contributed by atoms with Crippen molar-refractivity contribution in [2.75, 3.05) is 13.6 Å². The Balaban J connectivity index is 2.28. The summed E-state index contributed by atoms with van der Waals surface area (Å²) in [5.74, 6) is -0.744. The van der Waals surface area contributed by atoms with Gasteiger partial charge in [-0.25, -0.2) is 9.38 Å². The average molecular weight is 368 g/mol. The molecule has 2 rings (SSSR count). The molecule has 0 aliphatic rings. The van der Waals surface area contributed by atoms with Crippen LogP contribution in [-0.2, 0) is 6.42 Å². The third kappa shape index (κ3) is 5.75. The summed E-state index contributed by atoms with van der Waals surface area (Å²) < 4.78 is 55.0. The van der Waals surface area contributed by atoms with Crippen molar-refractivity contribution < 1.29 is 22.3 Å². The molecule has 3 nitrogen and oxygen atoms in total. The second-order valence-electron chi connectivity index (χ2n) is 5.90. The molecule has 0 saturated carbocycles. The van der Waals surface area contributed by atoms with Crippen LogP contribution in [0.1, 0.15) is 23.6 Å². The van der Waals surface area contributed by atoms with Crippen molar-refractivity contribution in [3.05, 3.63) is 58.9 Å². The van der Waals surface area contributed by atoms with Gasteiger partial charge in [0.05, 0.1) is 12.0 Å². The second kappa shape index (κ2) is 8.21. The van der Waals surface area contributed by atoms with Crippen LogP contribution in [0.2, 0.25) is 0 Å². The Morgan fingerprint density at radius 3 is 2.58 bits per heavy atom. The Kier molecular flexibility index (Phi) is 6.23. The number of benzene rings is 2. The van der Waals surface area contributed by atoms with Gasteiger partial charge in [0.2, 0.25) is 0 Å². The molecule has 0 radical (unpaired) electrons. The van der Waals surface area contributed by atoms with Crippen molar-refractivity contribution in [2.45, 2.75) is 26.6 Å². The molecule has 0 spiro atoms. The number of nitrogens with zero attached hydrogens (tertiary/aromatic N) is 2. The fourth-order valence-corrected chi connectivity index (χ4v) is 2.35. The Morgan fingerprint density at radius 1 is 1.19 bits per heavy atom. The summed E-state index contributed by atoms with van der Waals surface area (Å²) in [6.45, 7) is 4.53. The summed E-state index contributed by atoms with van der Waals surface area (Å²) in [5, 5.41) is 0. The van der Waals surface area contributed by atoms with E-state index in [1.165, 1.54) is 30.3 Å². The first-order valence-electron chi connectivity index (χ1n) is 8.06. The molecule has 0 saturated heterocycles. The van der Waals surface area contributed by atoms with Gasteiger partial charge in [0, 0.05) is 13.6 Å². The third-order valence-corrected chi connectivity index (χ3v) is 3.87. The fraction of sp³-hybridized carbons (Fsp3) is 0.316. The van der Waals surface area contributed by atoms with E-state index in [-0.39, 0.29) is 12.2 Å². The Labute approximate surface area is 149 Å². The zero-order valence-corrected chi connectivity index (χ0v) is 14.8. The Bertz CT molecular complexity index is 788. The van der Waals surface area contributed by atoms with E-state index in [2.05, 4.69) is 9.73 Å². The second-order valence-corrected chi connectivity index (χ2v) is 5.90. The minimum absolute atomic E-state index is 0.269. The van der Waals surface area contributed by atoms with Crippen molar-refractivity contribution in [3.8, 4) is 5.75 Å². The highest BCUT2D eigenvalue weighted by atomic mass is 19.4. The average Bonchev–Trinajstić information content (AvgIpc) is 2.55. The third-order valence-electron chi connectivity index (χ3n) is 3.87. The van der Waals surface area contributed by atoms with Crippen LogP contribution < -0.4 is 4.74 Å². The minimum Gasteiger partial charge on any atom is -0.406 e. The quantitative estimate of drug-likeness (QED) is 0.396. The number of hydrogen-bond donors (Lipinski definition) is 0. The van der Waals surface area contributed by atoms with E-state index >= 15 is 0 Å². The summed E-state index contributed by atoms with van der Waals surface area (Å²) in [6, 6.07) is 8.37. The first-order valence-corrected chi connectivity index (χ1v) is 8.06. The summed E-state index contributed by atoms with van der Waals surface area (Å²) in [7, 11) is 1.85. The first-order chi connectivity index (χ1) is 12.2. The highest BCUT2D eigenvalue weighted by Crippen LogP contribution is 2.28. The van der Waals surface area contributed by atoms with Gasteiger partial charge in [-0.05, 0) is 61.2 Å². The smallest absolute Gasteiger partial charge is 0.406 e. The highest BCUT2D eigenvalue weighted by molar-refractivity contribution is 5.64. The number of aliphatic imine (C=N–C) groups is 1. The van der Waals surface area contributed by atoms with Crippen molar-refractivity contribution >= 4 is 12.0 Å². The lowest BCUT2D eigenvalue weighted by Gasteiger charge is -2.13. The first kappa shape index (κ1) is 19.8. The summed E-state index contributed by atoms with van der Waals surface area (Å²) in [5.41, 5.74) is 2.50. The van der Waals surface area contributed by atoms with Gasteiger partial charge >= 0.3 is 6.36 Å². The van der Waals surface area contributed by atoms with E-state index in [9.17, 15) is 17.6 Å². The van der Waals surface area contributed by atoms with Gasteiger partial charge in [-0.1, -0.05) is 12.1 Å². The molecule has 2 aromatic carbocycles. The van der Waals surface area contributed by atoms with Crippen LogP contribution in [0, 0.1) is 12.7 Å². The molecular weight excluding hydrogens is 348 g/mol. The molecule has 0 heterocycles. The van der Waals surface area contributed by atoms with Crippen molar-refractivity contribution in [2.24, 2.45) is 4.99 Å². The van der Waals surface area contributed by atoms with Gasteiger partial charge in [-0.15, -0.1) is 13.2 Å². The largest absolute Gasteiger partial charge is 0.573 e. The standard InChI is InChI=1S/C19H20F4N2O/c1-4-25(3)12-24-18-11-16(20)10-15(13(18)2)8-14-6-5-7-17(9-14)26-19(21,22)23/h5-7,9-12H,4,8H2,1-3H3. The number of alkyl halides is 3. The minimum atomic E-state index is -4.75. The summed E-state index contributed by atoms with van der Waals surface area (Å²) >= 11 is 0. The van der Waals surface area contributed by atoms with Gasteiger partial charge in [0.15, 0.2) is 0 Å². The maximum atomic E-state index is 14.0. The monoisotopic (exact) mass is 368 g/mol. The van der Waals surface area contributed by atoms with E-state index in [0.717, 1.165) is 12.1 Å². The van der Waals surface area contributed by atoms with Crippen LogP contribution in [0.5, 0.6) is 5.75 Å². The summed E-state index contributed by atoms with van der Waals surface area (Å²) in [4.78, 5) is 6.14.